The van der Waals surface area contributed by atoms with Crippen molar-refractivity contribution in [2.75, 3.05) is 6.54 Å². The van der Waals surface area contributed by atoms with Crippen molar-refractivity contribution in [3.8, 4) is 0 Å². The Hall–Kier alpha value is -0.680. The highest BCUT2D eigenvalue weighted by Crippen LogP contribution is 2.30. The van der Waals surface area contributed by atoms with Crippen molar-refractivity contribution in [3.63, 3.8) is 0 Å². The third kappa shape index (κ3) is 3.16. The second-order valence-electron chi connectivity index (χ2n) is 3.85. The van der Waals surface area contributed by atoms with E-state index >= 15 is 0 Å². The van der Waals surface area contributed by atoms with Gasteiger partial charge in [-0.25, -0.2) is 0 Å². The zero-order valence-electron chi connectivity index (χ0n) is 9.27. The average molecular weight is 312 g/mol. The standard InChI is InChI=1S/C13H14BrNOS/c14-11-7-12(17-8-11)13(16)10-3-1-2-9(6-10)4-5-15/h1-3,6-8,13,16H,4-5,15H2. The number of aliphatic hydroxyl groups is 1. The molecule has 3 N–H and O–H groups in total. The van der Waals surface area contributed by atoms with Crippen LogP contribution in [-0.2, 0) is 6.42 Å². The molecular weight excluding hydrogens is 298 g/mol. The van der Waals surface area contributed by atoms with Gasteiger partial charge in [0.25, 0.3) is 0 Å². The van der Waals surface area contributed by atoms with E-state index in [1.807, 2.05) is 35.7 Å². The van der Waals surface area contributed by atoms with Crippen LogP contribution in [0.15, 0.2) is 40.2 Å². The summed E-state index contributed by atoms with van der Waals surface area (Å²) in [5.74, 6) is 0. The maximum absolute atomic E-state index is 10.3. The van der Waals surface area contributed by atoms with E-state index in [0.717, 1.165) is 21.3 Å². The first kappa shape index (κ1) is 12.8. The molecule has 1 heterocycles. The number of hydrogen-bond acceptors (Lipinski definition) is 3. The molecule has 1 aromatic carbocycles. The zero-order valence-corrected chi connectivity index (χ0v) is 11.7. The molecule has 0 spiro atoms. The predicted molar refractivity (Wildman–Crippen MR) is 75.3 cm³/mol. The van der Waals surface area contributed by atoms with Crippen LogP contribution in [0.25, 0.3) is 0 Å². The van der Waals surface area contributed by atoms with Crippen LogP contribution >= 0.6 is 27.3 Å². The van der Waals surface area contributed by atoms with E-state index in [0.29, 0.717) is 6.54 Å². The molecule has 2 nitrogen and oxygen atoms in total. The minimum Gasteiger partial charge on any atom is -0.383 e. The fraction of sp³-hybridized carbons (Fsp3) is 0.231. The molecule has 0 fully saturated rings. The van der Waals surface area contributed by atoms with Gasteiger partial charge in [0.1, 0.15) is 6.10 Å². The monoisotopic (exact) mass is 311 g/mol. The van der Waals surface area contributed by atoms with E-state index in [1.54, 1.807) is 11.3 Å². The van der Waals surface area contributed by atoms with E-state index in [-0.39, 0.29) is 0 Å². The highest BCUT2D eigenvalue weighted by atomic mass is 79.9. The summed E-state index contributed by atoms with van der Waals surface area (Å²) in [5, 5.41) is 12.2. The molecule has 4 heteroatoms. The highest BCUT2D eigenvalue weighted by Gasteiger charge is 2.12. The first-order chi connectivity index (χ1) is 8.20. The average Bonchev–Trinajstić information content (AvgIpc) is 2.76. The Labute approximate surface area is 113 Å². The van der Waals surface area contributed by atoms with Gasteiger partial charge in [-0.3, -0.25) is 0 Å². The first-order valence-electron chi connectivity index (χ1n) is 5.41. The van der Waals surface area contributed by atoms with E-state index in [9.17, 15) is 5.11 Å². The van der Waals surface area contributed by atoms with Crippen LogP contribution in [-0.4, -0.2) is 11.7 Å². The molecule has 2 aromatic rings. The maximum atomic E-state index is 10.3. The van der Waals surface area contributed by atoms with Gasteiger partial charge < -0.3 is 10.8 Å². The van der Waals surface area contributed by atoms with E-state index in [4.69, 9.17) is 5.73 Å². The largest absolute Gasteiger partial charge is 0.383 e. The van der Waals surface area contributed by atoms with Crippen LogP contribution in [0, 0.1) is 0 Å². The topological polar surface area (TPSA) is 46.2 Å². The first-order valence-corrected chi connectivity index (χ1v) is 7.09. The number of thiophene rings is 1. The number of aliphatic hydroxyl groups excluding tert-OH is 1. The molecule has 1 aromatic heterocycles. The quantitative estimate of drug-likeness (QED) is 0.911. The summed E-state index contributed by atoms with van der Waals surface area (Å²) >= 11 is 4.95. The molecule has 0 radical (unpaired) electrons. The summed E-state index contributed by atoms with van der Waals surface area (Å²) in [4.78, 5) is 0.946. The minimum absolute atomic E-state index is 0.552. The van der Waals surface area contributed by atoms with Gasteiger partial charge >= 0.3 is 0 Å². The van der Waals surface area contributed by atoms with Crippen LogP contribution in [0.3, 0.4) is 0 Å². The van der Waals surface area contributed by atoms with Gasteiger partial charge in [-0.05, 0) is 46.1 Å². The molecule has 0 aliphatic heterocycles. The normalized spacial score (nSPS) is 12.6. The molecule has 90 valence electrons. The van der Waals surface area contributed by atoms with Crippen molar-refractivity contribution >= 4 is 27.3 Å². The van der Waals surface area contributed by atoms with Gasteiger partial charge in [-0.1, -0.05) is 24.3 Å². The summed E-state index contributed by atoms with van der Waals surface area (Å²) in [6.45, 7) is 0.629. The second kappa shape index (κ2) is 5.78. The van der Waals surface area contributed by atoms with Crippen LogP contribution in [0.4, 0.5) is 0 Å². The lowest BCUT2D eigenvalue weighted by molar-refractivity contribution is 0.224. The van der Waals surface area contributed by atoms with Crippen molar-refractivity contribution in [2.45, 2.75) is 12.5 Å². The van der Waals surface area contributed by atoms with Gasteiger partial charge in [0.15, 0.2) is 0 Å². The minimum atomic E-state index is -0.552. The number of rotatable bonds is 4. The van der Waals surface area contributed by atoms with E-state index in [1.165, 1.54) is 5.56 Å². The number of hydrogen-bond donors (Lipinski definition) is 2. The van der Waals surface area contributed by atoms with E-state index < -0.39 is 6.10 Å². The third-order valence-electron chi connectivity index (χ3n) is 2.56. The smallest absolute Gasteiger partial charge is 0.113 e. The van der Waals surface area contributed by atoms with Gasteiger partial charge in [0.05, 0.1) is 0 Å². The fourth-order valence-corrected chi connectivity index (χ4v) is 3.18. The summed E-state index contributed by atoms with van der Waals surface area (Å²) in [6.07, 6.45) is 0.290. The molecule has 1 atom stereocenters. The van der Waals surface area contributed by atoms with Crippen molar-refractivity contribution in [1.29, 1.82) is 0 Å². The Kier molecular flexibility index (Phi) is 4.34. The predicted octanol–water partition coefficient (Wildman–Crippen LogP) is 3.09. The second-order valence-corrected chi connectivity index (χ2v) is 5.71. The molecule has 1 unspecified atom stereocenters. The van der Waals surface area contributed by atoms with Crippen molar-refractivity contribution in [1.82, 2.24) is 0 Å². The molecule has 0 aliphatic rings. The Morgan fingerprint density at radius 2 is 2.18 bits per heavy atom. The van der Waals surface area contributed by atoms with Crippen molar-refractivity contribution in [3.05, 3.63) is 56.2 Å². The van der Waals surface area contributed by atoms with E-state index in [2.05, 4.69) is 15.9 Å². The van der Waals surface area contributed by atoms with Gasteiger partial charge in [0.2, 0.25) is 0 Å². The molecule has 0 bridgehead atoms. The van der Waals surface area contributed by atoms with Crippen LogP contribution in [0.5, 0.6) is 0 Å². The Bertz CT molecular complexity index is 498. The lowest BCUT2D eigenvalue weighted by Gasteiger charge is -2.10. The summed E-state index contributed by atoms with van der Waals surface area (Å²) in [7, 11) is 0. The maximum Gasteiger partial charge on any atom is 0.113 e. The molecule has 0 saturated heterocycles. The SMILES string of the molecule is NCCc1cccc(C(O)c2cc(Br)cs2)c1. The molecule has 0 aliphatic carbocycles. The number of halogens is 1. The lowest BCUT2D eigenvalue weighted by Crippen LogP contribution is -2.04. The Morgan fingerprint density at radius 3 is 2.82 bits per heavy atom. The third-order valence-corrected chi connectivity index (χ3v) is 4.30. The fourth-order valence-electron chi connectivity index (χ4n) is 1.72. The summed E-state index contributed by atoms with van der Waals surface area (Å²) in [5.41, 5.74) is 7.62. The summed E-state index contributed by atoms with van der Waals surface area (Å²) < 4.78 is 1.01. The van der Waals surface area contributed by atoms with Crippen LogP contribution < -0.4 is 5.73 Å². The number of nitrogens with two attached hydrogens (primary N) is 1. The Balaban J connectivity index is 2.24. The zero-order chi connectivity index (χ0) is 12.3. The molecule has 17 heavy (non-hydrogen) atoms. The lowest BCUT2D eigenvalue weighted by atomic mass is 10.0. The Morgan fingerprint density at radius 1 is 1.35 bits per heavy atom. The highest BCUT2D eigenvalue weighted by molar-refractivity contribution is 9.10. The molecular formula is C13H14BrNOS. The molecule has 0 saturated carbocycles. The van der Waals surface area contributed by atoms with Crippen LogP contribution in [0.1, 0.15) is 22.1 Å². The van der Waals surface area contributed by atoms with Gasteiger partial charge in [0, 0.05) is 14.7 Å². The van der Waals surface area contributed by atoms with Crippen molar-refractivity contribution in [2.24, 2.45) is 5.73 Å². The van der Waals surface area contributed by atoms with Crippen LogP contribution in [0.2, 0.25) is 0 Å². The van der Waals surface area contributed by atoms with Crippen molar-refractivity contribution < 1.29 is 5.11 Å². The number of benzene rings is 1. The summed E-state index contributed by atoms with van der Waals surface area (Å²) in [6, 6.07) is 9.91. The van der Waals surface area contributed by atoms with Gasteiger partial charge in [-0.2, -0.15) is 0 Å². The van der Waals surface area contributed by atoms with Gasteiger partial charge in [-0.15, -0.1) is 11.3 Å². The molecule has 0 amide bonds. The molecule has 2 rings (SSSR count).